The minimum atomic E-state index is 1.11. The molecule has 2 aromatic rings. The van der Waals surface area contributed by atoms with E-state index < -0.39 is 0 Å². The quantitative estimate of drug-likeness (QED) is 0.781. The van der Waals surface area contributed by atoms with Gasteiger partial charge in [-0.3, -0.25) is 0 Å². The molecule has 1 aliphatic carbocycles. The van der Waals surface area contributed by atoms with Gasteiger partial charge in [0.2, 0.25) is 0 Å². The molecule has 1 heterocycles. The van der Waals surface area contributed by atoms with Crippen LogP contribution in [0.15, 0.2) is 28.7 Å². The van der Waals surface area contributed by atoms with E-state index in [9.17, 15) is 0 Å². The molecule has 0 saturated heterocycles. The van der Waals surface area contributed by atoms with Crippen molar-refractivity contribution in [2.45, 2.75) is 32.6 Å². The van der Waals surface area contributed by atoms with Crippen LogP contribution in [0.1, 0.15) is 29.8 Å². The molecule has 0 amide bonds. The second-order valence-electron chi connectivity index (χ2n) is 4.61. The Bertz CT molecular complexity index is 540. The summed E-state index contributed by atoms with van der Waals surface area (Å²) in [5.41, 5.74) is 5.23. The van der Waals surface area contributed by atoms with Crippen molar-refractivity contribution in [3.63, 3.8) is 0 Å². The average molecular weight is 291 g/mol. The number of hydrogen-bond acceptors (Lipinski definition) is 1. The van der Waals surface area contributed by atoms with Gasteiger partial charge in [0.25, 0.3) is 0 Å². The molecular formula is C14H15BrN2. The summed E-state index contributed by atoms with van der Waals surface area (Å²) in [6, 6.07) is 8.34. The number of nitrogens with zero attached hydrogens (tertiary/aromatic N) is 2. The van der Waals surface area contributed by atoms with Crippen LogP contribution >= 0.6 is 15.9 Å². The van der Waals surface area contributed by atoms with E-state index in [0.29, 0.717) is 0 Å². The maximum atomic E-state index is 4.75. The summed E-state index contributed by atoms with van der Waals surface area (Å²) < 4.78 is 3.19. The van der Waals surface area contributed by atoms with Crippen LogP contribution in [0, 0.1) is 6.92 Å². The van der Waals surface area contributed by atoms with E-state index in [1.807, 2.05) is 0 Å². The predicted octanol–water partition coefficient (Wildman–Crippen LogP) is 3.82. The standard InChI is InChI=1S/C14H15BrN2/c1-10-13-4-2-3-5-14(13)16-17(10)12-8-6-11(15)7-9-12/h6-9H,2-5H2,1H3. The first-order valence-electron chi connectivity index (χ1n) is 6.09. The van der Waals surface area contributed by atoms with Crippen molar-refractivity contribution in [2.24, 2.45) is 0 Å². The van der Waals surface area contributed by atoms with Gasteiger partial charge in [-0.15, -0.1) is 0 Å². The summed E-state index contributed by atoms with van der Waals surface area (Å²) in [4.78, 5) is 0. The van der Waals surface area contributed by atoms with Crippen LogP contribution in [-0.4, -0.2) is 9.78 Å². The van der Waals surface area contributed by atoms with E-state index in [1.54, 1.807) is 0 Å². The summed E-state index contributed by atoms with van der Waals surface area (Å²) >= 11 is 3.46. The molecule has 0 saturated carbocycles. The lowest BCUT2D eigenvalue weighted by atomic mass is 9.96. The fourth-order valence-corrected chi connectivity index (χ4v) is 2.81. The van der Waals surface area contributed by atoms with Crippen molar-refractivity contribution >= 4 is 15.9 Å². The van der Waals surface area contributed by atoms with Crippen LogP contribution in [0.4, 0.5) is 0 Å². The Kier molecular flexibility index (Phi) is 2.79. The van der Waals surface area contributed by atoms with Gasteiger partial charge in [0.1, 0.15) is 0 Å². The Labute approximate surface area is 110 Å². The lowest BCUT2D eigenvalue weighted by Gasteiger charge is -2.09. The van der Waals surface area contributed by atoms with Gasteiger partial charge in [0.15, 0.2) is 0 Å². The summed E-state index contributed by atoms with van der Waals surface area (Å²) in [5.74, 6) is 0. The molecule has 0 unspecified atom stereocenters. The summed E-state index contributed by atoms with van der Waals surface area (Å²) in [5, 5.41) is 4.75. The molecule has 0 radical (unpaired) electrons. The maximum Gasteiger partial charge on any atom is 0.0663 e. The van der Waals surface area contributed by atoms with Crippen molar-refractivity contribution in [2.75, 3.05) is 0 Å². The van der Waals surface area contributed by atoms with Crippen molar-refractivity contribution in [3.05, 3.63) is 45.7 Å². The lowest BCUT2D eigenvalue weighted by Crippen LogP contribution is -2.00. The molecule has 88 valence electrons. The fourth-order valence-electron chi connectivity index (χ4n) is 2.55. The second-order valence-corrected chi connectivity index (χ2v) is 5.52. The molecule has 0 bridgehead atoms. The van der Waals surface area contributed by atoms with E-state index in [0.717, 1.165) is 16.6 Å². The number of aromatic nitrogens is 2. The van der Waals surface area contributed by atoms with Crippen molar-refractivity contribution in [1.29, 1.82) is 0 Å². The highest BCUT2D eigenvalue weighted by Gasteiger charge is 2.18. The van der Waals surface area contributed by atoms with Gasteiger partial charge in [-0.2, -0.15) is 5.10 Å². The Balaban J connectivity index is 2.09. The van der Waals surface area contributed by atoms with Gasteiger partial charge in [-0.05, 0) is 62.4 Å². The normalized spacial score (nSPS) is 14.7. The van der Waals surface area contributed by atoms with Crippen molar-refractivity contribution < 1.29 is 0 Å². The number of rotatable bonds is 1. The zero-order chi connectivity index (χ0) is 11.8. The Morgan fingerprint density at radius 2 is 1.82 bits per heavy atom. The highest BCUT2D eigenvalue weighted by molar-refractivity contribution is 9.10. The van der Waals surface area contributed by atoms with Gasteiger partial charge in [-0.25, -0.2) is 4.68 Å². The van der Waals surface area contributed by atoms with E-state index in [4.69, 9.17) is 5.10 Å². The molecule has 0 spiro atoms. The van der Waals surface area contributed by atoms with Crippen molar-refractivity contribution in [3.8, 4) is 5.69 Å². The minimum Gasteiger partial charge on any atom is -0.238 e. The number of benzene rings is 1. The van der Waals surface area contributed by atoms with Gasteiger partial charge >= 0.3 is 0 Å². The van der Waals surface area contributed by atoms with Gasteiger partial charge in [0, 0.05) is 10.2 Å². The van der Waals surface area contributed by atoms with Crippen LogP contribution < -0.4 is 0 Å². The molecule has 1 aromatic heterocycles. The highest BCUT2D eigenvalue weighted by atomic mass is 79.9. The van der Waals surface area contributed by atoms with E-state index >= 15 is 0 Å². The van der Waals surface area contributed by atoms with Gasteiger partial charge in [-0.1, -0.05) is 15.9 Å². The zero-order valence-electron chi connectivity index (χ0n) is 9.91. The summed E-state index contributed by atoms with van der Waals surface area (Å²) in [6.07, 6.45) is 4.92. The van der Waals surface area contributed by atoms with Crippen LogP contribution in [0.2, 0.25) is 0 Å². The molecule has 1 aliphatic rings. The number of aryl methyl sites for hydroxylation is 1. The lowest BCUT2D eigenvalue weighted by molar-refractivity contribution is 0.671. The first-order chi connectivity index (χ1) is 8.25. The monoisotopic (exact) mass is 290 g/mol. The molecule has 3 rings (SSSR count). The average Bonchev–Trinajstić information content (AvgIpc) is 2.69. The molecule has 1 aromatic carbocycles. The third-order valence-corrected chi connectivity index (χ3v) is 4.01. The molecule has 2 nitrogen and oxygen atoms in total. The molecule has 0 atom stereocenters. The second kappa shape index (κ2) is 4.30. The molecule has 0 fully saturated rings. The maximum absolute atomic E-state index is 4.75. The smallest absolute Gasteiger partial charge is 0.0663 e. The number of hydrogen-bond donors (Lipinski definition) is 0. The molecule has 17 heavy (non-hydrogen) atoms. The first kappa shape index (κ1) is 11.0. The molecular weight excluding hydrogens is 276 g/mol. The largest absolute Gasteiger partial charge is 0.238 e. The highest BCUT2D eigenvalue weighted by Crippen LogP contribution is 2.25. The Hall–Kier alpha value is -1.09. The van der Waals surface area contributed by atoms with E-state index in [-0.39, 0.29) is 0 Å². The zero-order valence-corrected chi connectivity index (χ0v) is 11.5. The third-order valence-electron chi connectivity index (χ3n) is 3.49. The SMILES string of the molecule is Cc1c2c(nn1-c1ccc(Br)cc1)CCCC2. The fraction of sp³-hybridized carbons (Fsp3) is 0.357. The Morgan fingerprint density at radius 3 is 2.53 bits per heavy atom. The van der Waals surface area contributed by atoms with Crippen LogP contribution in [0.25, 0.3) is 5.69 Å². The minimum absolute atomic E-state index is 1.11. The third kappa shape index (κ3) is 1.93. The van der Waals surface area contributed by atoms with E-state index in [1.165, 1.54) is 36.2 Å². The van der Waals surface area contributed by atoms with Crippen LogP contribution in [0.5, 0.6) is 0 Å². The summed E-state index contributed by atoms with van der Waals surface area (Å²) in [6.45, 7) is 2.18. The molecule has 0 aliphatic heterocycles. The molecule has 3 heteroatoms. The molecule has 0 N–H and O–H groups in total. The van der Waals surface area contributed by atoms with Gasteiger partial charge < -0.3 is 0 Å². The van der Waals surface area contributed by atoms with E-state index in [2.05, 4.69) is 51.8 Å². The van der Waals surface area contributed by atoms with Gasteiger partial charge in [0.05, 0.1) is 11.4 Å². The summed E-state index contributed by atoms with van der Waals surface area (Å²) in [7, 11) is 0. The van der Waals surface area contributed by atoms with Crippen LogP contribution in [-0.2, 0) is 12.8 Å². The Morgan fingerprint density at radius 1 is 1.12 bits per heavy atom. The predicted molar refractivity (Wildman–Crippen MR) is 72.6 cm³/mol. The topological polar surface area (TPSA) is 17.8 Å². The van der Waals surface area contributed by atoms with Crippen molar-refractivity contribution in [1.82, 2.24) is 9.78 Å². The first-order valence-corrected chi connectivity index (χ1v) is 6.88. The number of fused-ring (bicyclic) bond motifs is 1. The number of halogens is 1. The van der Waals surface area contributed by atoms with Crippen LogP contribution in [0.3, 0.4) is 0 Å².